The Balaban J connectivity index is 2.13. The van der Waals surface area contributed by atoms with E-state index in [0.717, 1.165) is 17.5 Å². The normalized spacial score (nSPS) is 21.3. The summed E-state index contributed by atoms with van der Waals surface area (Å²) >= 11 is 0. The number of anilines is 1. The van der Waals surface area contributed by atoms with Gasteiger partial charge in [0.1, 0.15) is 10.9 Å². The summed E-state index contributed by atoms with van der Waals surface area (Å²) in [4.78, 5) is 0. The Labute approximate surface area is 124 Å². The number of sulfone groups is 1. The molecule has 1 aromatic carbocycles. The first-order chi connectivity index (χ1) is 9.99. The van der Waals surface area contributed by atoms with E-state index >= 15 is 0 Å². The maximum Gasteiger partial charge on any atom is 0.230 e. The summed E-state index contributed by atoms with van der Waals surface area (Å²) in [5.74, 6) is 0.383. The molecule has 112 valence electrons. The third kappa shape index (κ3) is 2.55. The number of aromatic nitrogens is 1. The minimum Gasteiger partial charge on any atom is -0.367 e. The number of hydrogen-bond acceptors (Lipinski definition) is 5. The average Bonchev–Trinajstić information content (AvgIpc) is 2.80. The first-order valence-electron chi connectivity index (χ1n) is 7.02. The van der Waals surface area contributed by atoms with Crippen LogP contribution in [0.2, 0.25) is 0 Å². The summed E-state index contributed by atoms with van der Waals surface area (Å²) in [6.07, 6.45) is 2.17. The Morgan fingerprint density at radius 2 is 2.14 bits per heavy atom. The van der Waals surface area contributed by atoms with Gasteiger partial charge in [0.2, 0.25) is 5.88 Å². The van der Waals surface area contributed by atoms with Crippen LogP contribution >= 0.6 is 0 Å². The Morgan fingerprint density at radius 1 is 1.33 bits per heavy atom. The third-order valence-corrected chi connectivity index (χ3v) is 6.12. The van der Waals surface area contributed by atoms with Gasteiger partial charge in [0.25, 0.3) is 0 Å². The van der Waals surface area contributed by atoms with E-state index in [1.165, 1.54) is 0 Å². The summed E-state index contributed by atoms with van der Waals surface area (Å²) in [6.45, 7) is 1.98. The third-order valence-electron chi connectivity index (χ3n) is 3.94. The molecule has 1 aliphatic rings. The molecule has 2 aromatic rings. The van der Waals surface area contributed by atoms with Gasteiger partial charge in [0.05, 0.1) is 11.3 Å². The lowest BCUT2D eigenvalue weighted by molar-refractivity contribution is 0.421. The van der Waals surface area contributed by atoms with Gasteiger partial charge in [0.15, 0.2) is 9.84 Å². The average molecular weight is 306 g/mol. The van der Waals surface area contributed by atoms with Crippen LogP contribution < -0.4 is 5.73 Å². The minimum absolute atomic E-state index is 0.177. The molecule has 0 amide bonds. The molecule has 6 heteroatoms. The number of rotatable bonds is 2. The monoisotopic (exact) mass is 306 g/mol. The molecule has 0 saturated carbocycles. The molecule has 1 unspecified atom stereocenters. The molecule has 1 fully saturated rings. The number of benzene rings is 1. The number of nitrogens with two attached hydrogens (primary N) is 1. The highest BCUT2D eigenvalue weighted by Crippen LogP contribution is 2.40. The van der Waals surface area contributed by atoms with Crippen molar-refractivity contribution >= 4 is 15.7 Å². The van der Waals surface area contributed by atoms with Crippen LogP contribution in [0.1, 0.15) is 35.8 Å². The number of hydrogen-bond donors (Lipinski definition) is 1. The van der Waals surface area contributed by atoms with Gasteiger partial charge in [0, 0.05) is 0 Å². The number of aryl methyl sites for hydroxylation is 1. The fraction of sp³-hybridized carbons (Fsp3) is 0.400. The summed E-state index contributed by atoms with van der Waals surface area (Å²) in [7, 11) is -3.18. The van der Waals surface area contributed by atoms with Crippen LogP contribution in [0.15, 0.2) is 28.8 Å². The fourth-order valence-electron chi connectivity index (χ4n) is 2.89. The molecule has 0 radical (unpaired) electrons. The first-order valence-corrected chi connectivity index (χ1v) is 8.74. The van der Waals surface area contributed by atoms with E-state index in [-0.39, 0.29) is 11.6 Å². The van der Waals surface area contributed by atoms with Crippen LogP contribution in [0.25, 0.3) is 11.1 Å². The van der Waals surface area contributed by atoms with Crippen LogP contribution in [-0.2, 0) is 9.84 Å². The van der Waals surface area contributed by atoms with Gasteiger partial charge >= 0.3 is 0 Å². The molecule has 21 heavy (non-hydrogen) atoms. The van der Waals surface area contributed by atoms with Gasteiger partial charge in [-0.15, -0.1) is 0 Å². The van der Waals surface area contributed by atoms with Crippen molar-refractivity contribution in [3.63, 3.8) is 0 Å². The Kier molecular flexibility index (Phi) is 3.49. The van der Waals surface area contributed by atoms with Crippen LogP contribution in [-0.4, -0.2) is 19.3 Å². The smallest absolute Gasteiger partial charge is 0.230 e. The second-order valence-electron chi connectivity index (χ2n) is 5.53. The second-order valence-corrected chi connectivity index (χ2v) is 7.83. The van der Waals surface area contributed by atoms with Gasteiger partial charge in [-0.2, -0.15) is 0 Å². The highest BCUT2D eigenvalue weighted by molar-refractivity contribution is 7.91. The van der Waals surface area contributed by atoms with Crippen molar-refractivity contribution in [1.29, 1.82) is 0 Å². The van der Waals surface area contributed by atoms with Gasteiger partial charge in [-0.3, -0.25) is 0 Å². The molecule has 1 saturated heterocycles. The van der Waals surface area contributed by atoms with Crippen LogP contribution in [0.4, 0.5) is 5.88 Å². The second kappa shape index (κ2) is 5.18. The van der Waals surface area contributed by atoms with Crippen molar-refractivity contribution in [2.24, 2.45) is 0 Å². The highest BCUT2D eigenvalue weighted by atomic mass is 32.2. The topological polar surface area (TPSA) is 86.2 Å². The highest BCUT2D eigenvalue weighted by Gasteiger charge is 2.35. The quantitative estimate of drug-likeness (QED) is 0.922. The van der Waals surface area contributed by atoms with Crippen molar-refractivity contribution in [1.82, 2.24) is 5.16 Å². The van der Waals surface area contributed by atoms with E-state index in [1.54, 1.807) is 0 Å². The van der Waals surface area contributed by atoms with Crippen LogP contribution in [0, 0.1) is 6.92 Å². The summed E-state index contributed by atoms with van der Waals surface area (Å²) in [5, 5.41) is 3.35. The zero-order chi connectivity index (χ0) is 15.0. The number of nitrogens with zero attached hydrogens (tertiary/aromatic N) is 1. The molecule has 3 rings (SSSR count). The minimum atomic E-state index is -3.18. The van der Waals surface area contributed by atoms with E-state index in [9.17, 15) is 8.42 Å². The Hall–Kier alpha value is -1.82. The van der Waals surface area contributed by atoms with Gasteiger partial charge in [-0.25, -0.2) is 8.42 Å². The molecular formula is C15H18N2O3S. The van der Waals surface area contributed by atoms with E-state index in [0.29, 0.717) is 24.1 Å². The predicted molar refractivity (Wildman–Crippen MR) is 81.5 cm³/mol. The van der Waals surface area contributed by atoms with Crippen LogP contribution in [0.3, 0.4) is 0 Å². The van der Waals surface area contributed by atoms with Crippen LogP contribution in [0.5, 0.6) is 0 Å². The zero-order valence-corrected chi connectivity index (χ0v) is 12.7. The molecule has 1 atom stereocenters. The lowest BCUT2D eigenvalue weighted by atomic mass is 10.00. The summed E-state index contributed by atoms with van der Waals surface area (Å²) in [6, 6.07) is 7.75. The molecule has 0 bridgehead atoms. The van der Waals surface area contributed by atoms with E-state index in [2.05, 4.69) is 5.16 Å². The Morgan fingerprint density at radius 3 is 2.86 bits per heavy atom. The molecule has 0 spiro atoms. The predicted octanol–water partition coefficient (Wildman–Crippen LogP) is 2.87. The van der Waals surface area contributed by atoms with Crippen molar-refractivity contribution in [2.75, 3.05) is 11.5 Å². The fourth-order valence-corrected chi connectivity index (χ4v) is 4.81. The van der Waals surface area contributed by atoms with E-state index in [1.807, 2.05) is 31.2 Å². The molecule has 2 N–H and O–H groups in total. The van der Waals surface area contributed by atoms with E-state index in [4.69, 9.17) is 10.3 Å². The molecule has 0 aliphatic carbocycles. The zero-order valence-electron chi connectivity index (χ0n) is 11.9. The van der Waals surface area contributed by atoms with E-state index < -0.39 is 15.1 Å². The van der Waals surface area contributed by atoms with Crippen molar-refractivity contribution in [2.45, 2.75) is 31.4 Å². The molecule has 1 aliphatic heterocycles. The van der Waals surface area contributed by atoms with Gasteiger partial charge < -0.3 is 10.3 Å². The first kappa shape index (κ1) is 14.1. The SMILES string of the molecule is Cc1cccc(-c2c(C3CCCCS3(=O)=O)noc2N)c1. The molecule has 1 aromatic heterocycles. The van der Waals surface area contributed by atoms with Gasteiger partial charge in [-0.1, -0.05) is 41.4 Å². The van der Waals surface area contributed by atoms with Crippen molar-refractivity contribution in [3.05, 3.63) is 35.5 Å². The summed E-state index contributed by atoms with van der Waals surface area (Å²) < 4.78 is 29.7. The van der Waals surface area contributed by atoms with Crippen molar-refractivity contribution < 1.29 is 12.9 Å². The largest absolute Gasteiger partial charge is 0.367 e. The standard InChI is InChI=1S/C15H18N2O3S/c1-10-5-4-6-11(9-10)13-14(17-20-15(13)16)12-7-2-3-8-21(12,18)19/h4-6,9,12H,2-3,7-8,16H2,1H3. The number of nitrogen functional groups attached to an aromatic ring is 1. The van der Waals surface area contributed by atoms with Crippen molar-refractivity contribution in [3.8, 4) is 11.1 Å². The lowest BCUT2D eigenvalue weighted by Gasteiger charge is -2.21. The van der Waals surface area contributed by atoms with Gasteiger partial charge in [-0.05, 0) is 25.3 Å². The maximum absolute atomic E-state index is 12.3. The Bertz CT molecular complexity index is 765. The molecule has 5 nitrogen and oxygen atoms in total. The molecular weight excluding hydrogens is 288 g/mol. The lowest BCUT2D eigenvalue weighted by Crippen LogP contribution is -2.22. The maximum atomic E-state index is 12.3. The summed E-state index contributed by atoms with van der Waals surface area (Å²) in [5.41, 5.74) is 8.90. The molecule has 2 heterocycles.